The third-order valence-electron chi connectivity index (χ3n) is 3.15. The molecule has 2 saturated carbocycles. The van der Waals surface area contributed by atoms with Gasteiger partial charge in [0.2, 0.25) is 0 Å². The van der Waals surface area contributed by atoms with Crippen LogP contribution >= 0.6 is 0 Å². The summed E-state index contributed by atoms with van der Waals surface area (Å²) < 4.78 is 0. The lowest BCUT2D eigenvalue weighted by atomic mass is 9.95. The molecule has 0 heterocycles. The van der Waals surface area contributed by atoms with Crippen LogP contribution in [0.3, 0.4) is 0 Å². The maximum absolute atomic E-state index is 2.62. The van der Waals surface area contributed by atoms with Crippen molar-refractivity contribution in [3.05, 3.63) is 0 Å². The van der Waals surface area contributed by atoms with Crippen LogP contribution in [0.1, 0.15) is 44.9 Å². The van der Waals surface area contributed by atoms with Crippen molar-refractivity contribution in [3.8, 4) is 0 Å². The van der Waals surface area contributed by atoms with Crippen molar-refractivity contribution in [2.75, 3.05) is 6.54 Å². The van der Waals surface area contributed by atoms with Gasteiger partial charge in [0.25, 0.3) is 0 Å². The van der Waals surface area contributed by atoms with Crippen LogP contribution in [0.2, 0.25) is 0 Å². The molecule has 0 aromatic rings. The predicted octanol–water partition coefficient (Wildman–Crippen LogP) is 1.29. The number of hydrogen-bond donors (Lipinski definition) is 1. The van der Waals surface area contributed by atoms with Crippen LogP contribution in [0.4, 0.5) is 0 Å². The third-order valence-corrected chi connectivity index (χ3v) is 3.15. The maximum Gasteiger partial charge on any atom is 0.0859 e. The molecule has 0 atom stereocenters. The van der Waals surface area contributed by atoms with Crippen LogP contribution in [0.15, 0.2) is 0 Å². The zero-order chi connectivity index (χ0) is 7.52. The molecule has 2 rings (SSSR count). The molecule has 0 aliphatic heterocycles. The molecule has 1 nitrogen and oxygen atoms in total. The minimum Gasteiger partial charge on any atom is -0.344 e. The molecular weight excluding hydrogens is 134 g/mol. The molecule has 0 saturated heterocycles. The first-order valence-electron chi connectivity index (χ1n) is 5.28. The Balaban J connectivity index is 1.59. The van der Waals surface area contributed by atoms with Gasteiger partial charge in [-0.1, -0.05) is 6.42 Å². The zero-order valence-corrected chi connectivity index (χ0v) is 7.39. The summed E-state index contributed by atoms with van der Waals surface area (Å²) in [4.78, 5) is 0. The molecule has 0 amide bonds. The number of hydrogen-bond acceptors (Lipinski definition) is 0. The van der Waals surface area contributed by atoms with E-state index in [0.717, 1.165) is 12.0 Å². The first-order chi connectivity index (χ1) is 5.45. The van der Waals surface area contributed by atoms with E-state index in [-0.39, 0.29) is 0 Å². The van der Waals surface area contributed by atoms with E-state index in [2.05, 4.69) is 5.32 Å². The van der Waals surface area contributed by atoms with Gasteiger partial charge >= 0.3 is 0 Å². The van der Waals surface area contributed by atoms with Crippen LogP contribution in [0.25, 0.3) is 0 Å². The van der Waals surface area contributed by atoms with Gasteiger partial charge in [0.15, 0.2) is 0 Å². The molecule has 0 radical (unpaired) electrons. The van der Waals surface area contributed by atoms with Gasteiger partial charge in [0.1, 0.15) is 0 Å². The summed E-state index contributed by atoms with van der Waals surface area (Å²) >= 11 is 0. The number of quaternary nitrogens is 1. The number of nitrogens with two attached hydrogens (primary N) is 1. The summed E-state index contributed by atoms with van der Waals surface area (Å²) in [6, 6.07) is 1.00. The van der Waals surface area contributed by atoms with E-state index in [0.29, 0.717) is 0 Å². The summed E-state index contributed by atoms with van der Waals surface area (Å²) in [5.74, 6) is 1.11. The highest BCUT2D eigenvalue weighted by Crippen LogP contribution is 2.26. The molecule has 0 spiro atoms. The fourth-order valence-electron chi connectivity index (χ4n) is 2.11. The molecule has 2 N–H and O–H groups in total. The van der Waals surface area contributed by atoms with E-state index in [1.165, 1.54) is 51.5 Å². The van der Waals surface area contributed by atoms with Crippen LogP contribution in [0.5, 0.6) is 0 Å². The highest BCUT2D eigenvalue weighted by molar-refractivity contribution is 4.71. The normalized spacial score (nSPS) is 27.3. The highest BCUT2D eigenvalue weighted by Gasteiger charge is 2.25. The Morgan fingerprint density at radius 3 is 2.27 bits per heavy atom. The Labute approximate surface area is 69.6 Å². The van der Waals surface area contributed by atoms with Gasteiger partial charge in [0, 0.05) is 5.92 Å². The molecule has 2 aliphatic rings. The van der Waals surface area contributed by atoms with Crippen molar-refractivity contribution in [2.45, 2.75) is 51.0 Å². The molecule has 0 unspecified atom stereocenters. The van der Waals surface area contributed by atoms with Gasteiger partial charge in [-0.3, -0.25) is 0 Å². The average molecular weight is 154 g/mol. The zero-order valence-electron chi connectivity index (χ0n) is 7.39. The molecule has 0 aromatic carbocycles. The summed E-state index contributed by atoms with van der Waals surface area (Å²) in [6.07, 6.45) is 10.5. The standard InChI is InChI=1S/C10H19N/c1-2-4-10(5-3-1)11-8-9-6-7-9/h9-11H,1-8H2/p+1. The first kappa shape index (κ1) is 7.60. The fourth-order valence-corrected chi connectivity index (χ4v) is 2.11. The molecule has 0 bridgehead atoms. The predicted molar refractivity (Wildman–Crippen MR) is 46.4 cm³/mol. The van der Waals surface area contributed by atoms with Crippen molar-refractivity contribution in [2.24, 2.45) is 5.92 Å². The molecule has 2 fully saturated rings. The van der Waals surface area contributed by atoms with Gasteiger partial charge in [0.05, 0.1) is 12.6 Å². The molecule has 64 valence electrons. The molecular formula is C10H20N+. The highest BCUT2D eigenvalue weighted by atomic mass is 14.9. The van der Waals surface area contributed by atoms with E-state index in [1.807, 2.05) is 0 Å². The quantitative estimate of drug-likeness (QED) is 0.631. The minimum atomic E-state index is 1.00. The second kappa shape index (κ2) is 3.57. The number of rotatable bonds is 3. The van der Waals surface area contributed by atoms with Crippen LogP contribution < -0.4 is 5.32 Å². The van der Waals surface area contributed by atoms with E-state index >= 15 is 0 Å². The van der Waals surface area contributed by atoms with Gasteiger partial charge in [-0.25, -0.2) is 0 Å². The van der Waals surface area contributed by atoms with Gasteiger partial charge < -0.3 is 5.32 Å². The van der Waals surface area contributed by atoms with Crippen LogP contribution in [-0.4, -0.2) is 12.6 Å². The fraction of sp³-hybridized carbons (Fsp3) is 1.00. The molecule has 2 aliphatic carbocycles. The topological polar surface area (TPSA) is 16.6 Å². The molecule has 1 heteroatoms. The Hall–Kier alpha value is -0.0400. The SMILES string of the molecule is C1CCC([NH2+]CC2CC2)CC1. The Morgan fingerprint density at radius 2 is 1.64 bits per heavy atom. The minimum absolute atomic E-state index is 1.00. The van der Waals surface area contributed by atoms with Crippen molar-refractivity contribution in [1.82, 2.24) is 0 Å². The maximum atomic E-state index is 2.62. The summed E-state index contributed by atoms with van der Waals surface area (Å²) in [5, 5.41) is 2.62. The van der Waals surface area contributed by atoms with Crippen molar-refractivity contribution in [3.63, 3.8) is 0 Å². The lowest BCUT2D eigenvalue weighted by Gasteiger charge is -2.19. The van der Waals surface area contributed by atoms with Crippen molar-refractivity contribution >= 4 is 0 Å². The Bertz CT molecular complexity index is 112. The van der Waals surface area contributed by atoms with Crippen molar-refractivity contribution in [1.29, 1.82) is 0 Å². The first-order valence-corrected chi connectivity index (χ1v) is 5.28. The van der Waals surface area contributed by atoms with Crippen LogP contribution in [0, 0.1) is 5.92 Å². The van der Waals surface area contributed by atoms with E-state index in [4.69, 9.17) is 0 Å². The molecule has 11 heavy (non-hydrogen) atoms. The summed E-state index contributed by atoms with van der Waals surface area (Å²) in [5.41, 5.74) is 0. The summed E-state index contributed by atoms with van der Waals surface area (Å²) in [6.45, 7) is 1.44. The Kier molecular flexibility index (Phi) is 2.47. The van der Waals surface area contributed by atoms with Crippen LogP contribution in [-0.2, 0) is 0 Å². The van der Waals surface area contributed by atoms with Gasteiger partial charge in [-0.2, -0.15) is 0 Å². The van der Waals surface area contributed by atoms with Gasteiger partial charge in [-0.05, 0) is 38.5 Å². The second-order valence-electron chi connectivity index (χ2n) is 4.31. The monoisotopic (exact) mass is 154 g/mol. The van der Waals surface area contributed by atoms with Crippen molar-refractivity contribution < 1.29 is 5.32 Å². The van der Waals surface area contributed by atoms with E-state index < -0.39 is 0 Å². The Morgan fingerprint density at radius 1 is 0.909 bits per heavy atom. The second-order valence-corrected chi connectivity index (χ2v) is 4.31. The molecule has 0 aromatic heterocycles. The van der Waals surface area contributed by atoms with Gasteiger partial charge in [-0.15, -0.1) is 0 Å². The van der Waals surface area contributed by atoms with E-state index in [9.17, 15) is 0 Å². The van der Waals surface area contributed by atoms with E-state index in [1.54, 1.807) is 0 Å². The lowest BCUT2D eigenvalue weighted by molar-refractivity contribution is -0.694. The smallest absolute Gasteiger partial charge is 0.0859 e. The largest absolute Gasteiger partial charge is 0.344 e. The lowest BCUT2D eigenvalue weighted by Crippen LogP contribution is -2.90. The third kappa shape index (κ3) is 2.48. The average Bonchev–Trinajstić information content (AvgIpc) is 2.86. The summed E-state index contributed by atoms with van der Waals surface area (Å²) in [7, 11) is 0.